The van der Waals surface area contributed by atoms with E-state index in [9.17, 15) is 9.59 Å². The van der Waals surface area contributed by atoms with Crippen molar-refractivity contribution in [2.75, 3.05) is 25.0 Å². The molecule has 5 heteroatoms. The Morgan fingerprint density at radius 3 is 2.52 bits per heavy atom. The molecule has 138 valence electrons. The van der Waals surface area contributed by atoms with Gasteiger partial charge < -0.3 is 10.1 Å². The van der Waals surface area contributed by atoms with Crippen molar-refractivity contribution in [1.29, 1.82) is 0 Å². The summed E-state index contributed by atoms with van der Waals surface area (Å²) in [4.78, 5) is 26.9. The third-order valence-electron chi connectivity index (χ3n) is 5.02. The number of piperidine rings is 1. The van der Waals surface area contributed by atoms with Gasteiger partial charge in [-0.2, -0.15) is 0 Å². The summed E-state index contributed by atoms with van der Waals surface area (Å²) in [5.41, 5.74) is 3.03. The molecule has 1 fully saturated rings. The highest BCUT2D eigenvalue weighted by Crippen LogP contribution is 2.28. The van der Waals surface area contributed by atoms with Gasteiger partial charge in [0.15, 0.2) is 0 Å². The molecule has 1 aliphatic heterocycles. The normalized spacial score (nSPS) is 21.0. The fourth-order valence-electron chi connectivity index (χ4n) is 3.60. The number of amides is 1. The summed E-state index contributed by atoms with van der Waals surface area (Å²) in [6.45, 7) is 9.98. The van der Waals surface area contributed by atoms with Gasteiger partial charge in [0.1, 0.15) is 0 Å². The Morgan fingerprint density at radius 2 is 1.92 bits per heavy atom. The molecule has 1 aliphatic rings. The van der Waals surface area contributed by atoms with E-state index in [0.717, 1.165) is 36.3 Å². The highest BCUT2D eigenvalue weighted by atomic mass is 16.5. The first-order valence-corrected chi connectivity index (χ1v) is 9.23. The average molecular weight is 346 g/mol. The summed E-state index contributed by atoms with van der Waals surface area (Å²) in [5, 5.41) is 3.11. The molecule has 1 aromatic rings. The van der Waals surface area contributed by atoms with E-state index in [4.69, 9.17) is 4.74 Å². The summed E-state index contributed by atoms with van der Waals surface area (Å²) >= 11 is 0. The van der Waals surface area contributed by atoms with Crippen molar-refractivity contribution in [3.05, 3.63) is 29.3 Å². The predicted molar refractivity (Wildman–Crippen MR) is 99.6 cm³/mol. The van der Waals surface area contributed by atoms with Gasteiger partial charge in [-0.05, 0) is 63.7 Å². The van der Waals surface area contributed by atoms with E-state index in [0.29, 0.717) is 19.4 Å². The first-order chi connectivity index (χ1) is 12.0. The zero-order chi connectivity index (χ0) is 18.4. The van der Waals surface area contributed by atoms with Crippen molar-refractivity contribution in [2.24, 2.45) is 5.92 Å². The number of nitrogens with one attached hydrogen (secondary N) is 1. The number of ether oxygens (including phenoxy) is 1. The second kappa shape index (κ2) is 8.99. The van der Waals surface area contributed by atoms with Gasteiger partial charge in [-0.25, -0.2) is 0 Å². The van der Waals surface area contributed by atoms with Crippen molar-refractivity contribution in [3.63, 3.8) is 0 Å². The minimum atomic E-state index is -0.197. The summed E-state index contributed by atoms with van der Waals surface area (Å²) in [7, 11) is 0. The topological polar surface area (TPSA) is 58.6 Å². The fourth-order valence-corrected chi connectivity index (χ4v) is 3.60. The lowest BCUT2D eigenvalue weighted by molar-refractivity contribution is -0.145. The number of hydrogen-bond acceptors (Lipinski definition) is 4. The molecular formula is C20H30N2O3. The van der Waals surface area contributed by atoms with Gasteiger partial charge in [0.05, 0.1) is 12.6 Å². The van der Waals surface area contributed by atoms with Crippen LogP contribution in [0.3, 0.4) is 0 Å². The number of hydrogen-bond donors (Lipinski definition) is 1. The number of rotatable bonds is 6. The van der Waals surface area contributed by atoms with E-state index in [1.165, 1.54) is 0 Å². The molecule has 1 N–H and O–H groups in total. The number of nitrogens with zero attached hydrogens (tertiary/aromatic N) is 1. The zero-order valence-corrected chi connectivity index (χ0v) is 15.8. The number of carbonyl (C=O) groups excluding carboxylic acids is 2. The molecule has 1 amide bonds. The predicted octanol–water partition coefficient (Wildman–Crippen LogP) is 3.30. The molecule has 2 atom stereocenters. The molecule has 25 heavy (non-hydrogen) atoms. The van der Waals surface area contributed by atoms with Crippen molar-refractivity contribution in [3.8, 4) is 0 Å². The first kappa shape index (κ1) is 19.4. The van der Waals surface area contributed by atoms with Crippen LogP contribution in [0.4, 0.5) is 5.69 Å². The lowest BCUT2D eigenvalue weighted by Crippen LogP contribution is -2.49. The maximum atomic E-state index is 12.9. The van der Waals surface area contributed by atoms with Gasteiger partial charge >= 0.3 is 5.97 Å². The quantitative estimate of drug-likeness (QED) is 0.803. The van der Waals surface area contributed by atoms with Crippen LogP contribution >= 0.6 is 0 Å². The van der Waals surface area contributed by atoms with E-state index >= 15 is 0 Å². The Kier molecular flexibility index (Phi) is 7.00. The fraction of sp³-hybridized carbons (Fsp3) is 0.600. The Morgan fingerprint density at radius 1 is 1.24 bits per heavy atom. The molecule has 0 radical (unpaired) electrons. The third-order valence-corrected chi connectivity index (χ3v) is 5.02. The van der Waals surface area contributed by atoms with Crippen molar-refractivity contribution in [2.45, 2.75) is 53.0 Å². The first-order valence-electron chi connectivity index (χ1n) is 9.23. The van der Waals surface area contributed by atoms with Crippen LogP contribution in [0.15, 0.2) is 18.2 Å². The lowest BCUT2D eigenvalue weighted by Gasteiger charge is -2.37. The number of aryl methyl sites for hydroxylation is 2. The average Bonchev–Trinajstić information content (AvgIpc) is 2.58. The highest BCUT2D eigenvalue weighted by molar-refractivity contribution is 5.96. The molecule has 0 aromatic heterocycles. The number of carbonyl (C=O) groups is 2. The van der Waals surface area contributed by atoms with Crippen molar-refractivity contribution in [1.82, 2.24) is 4.90 Å². The van der Waals surface area contributed by atoms with Crippen LogP contribution in [0.25, 0.3) is 0 Å². The molecule has 0 saturated carbocycles. The molecule has 1 unspecified atom stereocenters. The number of para-hydroxylation sites is 1. The maximum absolute atomic E-state index is 12.9. The van der Waals surface area contributed by atoms with Crippen LogP contribution in [-0.2, 0) is 14.3 Å². The molecule has 1 heterocycles. The highest BCUT2D eigenvalue weighted by Gasteiger charge is 2.33. The van der Waals surface area contributed by atoms with E-state index in [2.05, 4.69) is 17.1 Å². The van der Waals surface area contributed by atoms with Gasteiger partial charge in [-0.1, -0.05) is 25.1 Å². The number of likely N-dealkylation sites (N-methyl/N-ethyl adjacent to an activating group) is 1. The zero-order valence-electron chi connectivity index (χ0n) is 15.8. The molecule has 1 saturated heterocycles. The summed E-state index contributed by atoms with van der Waals surface area (Å²) in [5.74, 6) is 0.0646. The molecular weight excluding hydrogens is 316 g/mol. The largest absolute Gasteiger partial charge is 0.466 e. The number of benzene rings is 1. The Bertz CT molecular complexity index is 595. The summed E-state index contributed by atoms with van der Waals surface area (Å²) in [6.07, 6.45) is 2.03. The van der Waals surface area contributed by atoms with E-state index in [-0.39, 0.29) is 23.8 Å². The SMILES string of the molecule is CCOC(=O)CC1CCN(CC)[C@H](C(=O)Nc2c(C)cccc2C)C1. The Balaban J connectivity index is 2.07. The van der Waals surface area contributed by atoms with Gasteiger partial charge in [0.25, 0.3) is 0 Å². The van der Waals surface area contributed by atoms with Crippen molar-refractivity contribution < 1.29 is 14.3 Å². The summed E-state index contributed by atoms with van der Waals surface area (Å²) < 4.78 is 5.07. The molecule has 5 nitrogen and oxygen atoms in total. The van der Waals surface area contributed by atoms with E-state index in [1.807, 2.05) is 39.0 Å². The third kappa shape index (κ3) is 5.05. The monoisotopic (exact) mass is 346 g/mol. The molecule has 0 aliphatic carbocycles. The van der Waals surface area contributed by atoms with Crippen LogP contribution in [0.5, 0.6) is 0 Å². The Labute approximate surface area is 150 Å². The Hall–Kier alpha value is -1.88. The van der Waals surface area contributed by atoms with Gasteiger partial charge in [0, 0.05) is 12.1 Å². The molecule has 0 spiro atoms. The number of likely N-dealkylation sites (tertiary alicyclic amines) is 1. The summed E-state index contributed by atoms with van der Waals surface area (Å²) in [6, 6.07) is 5.81. The van der Waals surface area contributed by atoms with Crippen molar-refractivity contribution >= 4 is 17.6 Å². The molecule has 0 bridgehead atoms. The van der Waals surface area contributed by atoms with Crippen LogP contribution in [0.1, 0.15) is 44.2 Å². The lowest BCUT2D eigenvalue weighted by atomic mass is 9.87. The van der Waals surface area contributed by atoms with Crippen LogP contribution in [-0.4, -0.2) is 42.5 Å². The van der Waals surface area contributed by atoms with Crippen LogP contribution in [0.2, 0.25) is 0 Å². The van der Waals surface area contributed by atoms with Gasteiger partial charge in [-0.15, -0.1) is 0 Å². The standard InChI is InChI=1S/C20H30N2O3/c1-5-22-11-10-16(13-18(23)25-6-2)12-17(22)20(24)21-19-14(3)8-7-9-15(19)4/h7-9,16-17H,5-6,10-13H2,1-4H3,(H,21,24)/t16?,17-/m0/s1. The molecule has 1 aromatic carbocycles. The van der Waals surface area contributed by atoms with Crippen LogP contribution < -0.4 is 5.32 Å². The van der Waals surface area contributed by atoms with E-state index < -0.39 is 0 Å². The maximum Gasteiger partial charge on any atom is 0.306 e. The number of esters is 1. The minimum absolute atomic E-state index is 0.0211. The van der Waals surface area contributed by atoms with Gasteiger partial charge in [-0.3, -0.25) is 14.5 Å². The second-order valence-electron chi connectivity index (χ2n) is 6.80. The van der Waals surface area contributed by atoms with E-state index in [1.54, 1.807) is 0 Å². The van der Waals surface area contributed by atoms with Gasteiger partial charge in [0.2, 0.25) is 5.91 Å². The van der Waals surface area contributed by atoms with Crippen LogP contribution in [0, 0.1) is 19.8 Å². The minimum Gasteiger partial charge on any atom is -0.466 e. The number of anilines is 1. The molecule has 2 rings (SSSR count). The second-order valence-corrected chi connectivity index (χ2v) is 6.80. The smallest absolute Gasteiger partial charge is 0.306 e.